The summed E-state index contributed by atoms with van der Waals surface area (Å²) in [5.74, 6) is -0.592. The average Bonchev–Trinajstić information content (AvgIpc) is 3.45. The summed E-state index contributed by atoms with van der Waals surface area (Å²) in [6, 6.07) is -1.01. The molecule has 462 valence electrons. The Morgan fingerprint density at radius 3 is 0.808 bits per heavy atom. The number of rotatable bonds is 66. The summed E-state index contributed by atoms with van der Waals surface area (Å²) in [4.78, 5) is 12.7. The highest BCUT2D eigenvalue weighted by Gasteiger charge is 2.28. The molecule has 0 aromatic heterocycles. The maximum Gasteiger partial charge on any atom is 0.249 e. The molecule has 4 unspecified atom stereocenters. The summed E-state index contributed by atoms with van der Waals surface area (Å²) >= 11 is 0. The lowest BCUT2D eigenvalue weighted by molar-refractivity contribution is -0.132. The lowest BCUT2D eigenvalue weighted by Crippen LogP contribution is -2.53. The van der Waals surface area contributed by atoms with Gasteiger partial charge in [0.2, 0.25) is 5.91 Å². The number of unbranched alkanes of at least 4 members (excludes halogenated alkanes) is 51. The molecule has 0 aliphatic carbocycles. The average molecular weight is 1100 g/mol. The van der Waals surface area contributed by atoms with Gasteiger partial charge in [-0.1, -0.05) is 359 Å². The number of nitrogens with one attached hydrogen (secondary N) is 1. The molecule has 0 aromatic rings. The topological polar surface area (TPSA) is 110 Å². The van der Waals surface area contributed by atoms with Gasteiger partial charge in [-0.3, -0.25) is 4.79 Å². The van der Waals surface area contributed by atoms with Gasteiger partial charge in [0.1, 0.15) is 12.2 Å². The molecule has 0 rings (SSSR count). The van der Waals surface area contributed by atoms with E-state index < -0.39 is 36.9 Å². The van der Waals surface area contributed by atoms with E-state index in [0.29, 0.717) is 19.3 Å². The second kappa shape index (κ2) is 66.3. The second-order valence-corrected chi connectivity index (χ2v) is 24.6. The number of carbonyl (C=O) groups is 1. The molecular formula is C72H139NO5. The number of amides is 1. The highest BCUT2D eigenvalue weighted by molar-refractivity contribution is 5.80. The zero-order valence-corrected chi connectivity index (χ0v) is 52.7. The number of hydrogen-bond donors (Lipinski definition) is 5. The molecule has 0 radical (unpaired) electrons. The van der Waals surface area contributed by atoms with Crippen LogP contribution in [0.15, 0.2) is 36.5 Å². The van der Waals surface area contributed by atoms with Crippen LogP contribution in [0.1, 0.15) is 386 Å². The first-order valence-corrected chi connectivity index (χ1v) is 35.4. The smallest absolute Gasteiger partial charge is 0.249 e. The summed E-state index contributed by atoms with van der Waals surface area (Å²) < 4.78 is 0. The minimum Gasteiger partial charge on any atom is -0.394 e. The molecule has 1 amide bonds. The Hall–Kier alpha value is -1.47. The van der Waals surface area contributed by atoms with Gasteiger partial charge in [-0.15, -0.1) is 0 Å². The standard InChI is InChI=1S/C72H139NO5/c1-3-5-7-9-11-13-15-17-19-21-23-25-27-29-30-31-32-33-34-35-36-37-38-39-40-41-42-44-46-48-50-52-54-56-58-60-62-64-66-70(76)72(78)73-68(67-74)71(77)69(75)65-63-61-59-57-55-53-51-49-47-45-43-28-26-24-22-20-18-16-14-12-10-8-6-4-2/h28,43,49,51,57,59,68-71,74-77H,3-27,29-42,44-48,50,52-56,58,60-67H2,1-2H3,(H,73,78)/b43-28+,51-49+,59-57+. The Morgan fingerprint density at radius 2 is 0.538 bits per heavy atom. The molecule has 0 saturated heterocycles. The van der Waals surface area contributed by atoms with E-state index >= 15 is 0 Å². The van der Waals surface area contributed by atoms with Crippen molar-refractivity contribution in [2.45, 2.75) is 411 Å². The van der Waals surface area contributed by atoms with Gasteiger partial charge in [0.15, 0.2) is 0 Å². The van der Waals surface area contributed by atoms with Crippen LogP contribution in [0.5, 0.6) is 0 Å². The van der Waals surface area contributed by atoms with Gasteiger partial charge in [-0.05, 0) is 64.2 Å². The number of aliphatic hydroxyl groups excluding tert-OH is 4. The highest BCUT2D eigenvalue weighted by atomic mass is 16.3. The van der Waals surface area contributed by atoms with Gasteiger partial charge in [-0.25, -0.2) is 0 Å². The molecule has 0 aliphatic heterocycles. The maximum atomic E-state index is 12.7. The fourth-order valence-corrected chi connectivity index (χ4v) is 11.3. The van der Waals surface area contributed by atoms with Crippen molar-refractivity contribution in [3.05, 3.63) is 36.5 Å². The van der Waals surface area contributed by atoms with Crippen molar-refractivity contribution in [1.82, 2.24) is 5.32 Å². The molecule has 78 heavy (non-hydrogen) atoms. The molecule has 6 heteroatoms. The monoisotopic (exact) mass is 1100 g/mol. The van der Waals surface area contributed by atoms with Crippen LogP contribution in [0, 0.1) is 0 Å². The van der Waals surface area contributed by atoms with E-state index in [0.717, 1.165) is 51.4 Å². The van der Waals surface area contributed by atoms with Crippen molar-refractivity contribution in [3.63, 3.8) is 0 Å². The van der Waals surface area contributed by atoms with E-state index in [2.05, 4.69) is 55.6 Å². The molecule has 0 saturated carbocycles. The van der Waals surface area contributed by atoms with E-state index in [9.17, 15) is 25.2 Å². The predicted octanol–water partition coefficient (Wildman–Crippen LogP) is 21.9. The van der Waals surface area contributed by atoms with Crippen LogP contribution in [0.25, 0.3) is 0 Å². The van der Waals surface area contributed by atoms with Gasteiger partial charge < -0.3 is 25.7 Å². The first-order valence-electron chi connectivity index (χ1n) is 35.4. The molecule has 0 bridgehead atoms. The van der Waals surface area contributed by atoms with Crippen LogP contribution < -0.4 is 5.32 Å². The fourth-order valence-electron chi connectivity index (χ4n) is 11.3. The van der Waals surface area contributed by atoms with Crippen LogP contribution in [-0.2, 0) is 4.79 Å². The largest absolute Gasteiger partial charge is 0.394 e. The Bertz CT molecular complexity index is 1230. The minimum absolute atomic E-state index is 0.362. The normalized spacial score (nSPS) is 13.7. The Balaban J connectivity index is 3.55. The van der Waals surface area contributed by atoms with Gasteiger partial charge in [-0.2, -0.15) is 0 Å². The van der Waals surface area contributed by atoms with E-state index in [-0.39, 0.29) is 0 Å². The molecule has 0 fully saturated rings. The van der Waals surface area contributed by atoms with Crippen molar-refractivity contribution in [3.8, 4) is 0 Å². The zero-order chi connectivity index (χ0) is 56.6. The molecule has 0 spiro atoms. The third-order valence-electron chi connectivity index (χ3n) is 16.8. The van der Waals surface area contributed by atoms with Crippen molar-refractivity contribution < 1.29 is 25.2 Å². The van der Waals surface area contributed by atoms with Gasteiger partial charge >= 0.3 is 0 Å². The number of allylic oxidation sites excluding steroid dienone is 6. The molecule has 0 aliphatic rings. The first-order chi connectivity index (χ1) is 38.5. The molecule has 5 N–H and O–H groups in total. The van der Waals surface area contributed by atoms with Crippen molar-refractivity contribution in [2.24, 2.45) is 0 Å². The van der Waals surface area contributed by atoms with Crippen LogP contribution in [0.2, 0.25) is 0 Å². The Kier molecular flexibility index (Phi) is 65.1. The van der Waals surface area contributed by atoms with Gasteiger partial charge in [0.25, 0.3) is 0 Å². The predicted molar refractivity (Wildman–Crippen MR) is 344 cm³/mol. The number of aliphatic hydroxyl groups is 4. The number of carbonyl (C=O) groups excluding carboxylic acids is 1. The minimum atomic E-state index is -1.29. The Morgan fingerprint density at radius 1 is 0.308 bits per heavy atom. The van der Waals surface area contributed by atoms with Gasteiger partial charge in [0, 0.05) is 0 Å². The van der Waals surface area contributed by atoms with Crippen molar-refractivity contribution in [1.29, 1.82) is 0 Å². The lowest BCUT2D eigenvalue weighted by Gasteiger charge is -2.27. The molecular weight excluding hydrogens is 959 g/mol. The van der Waals surface area contributed by atoms with Crippen molar-refractivity contribution >= 4 is 5.91 Å². The van der Waals surface area contributed by atoms with Crippen molar-refractivity contribution in [2.75, 3.05) is 6.61 Å². The summed E-state index contributed by atoms with van der Waals surface area (Å²) in [6.07, 6.45) is 85.7. The van der Waals surface area contributed by atoms with E-state index in [4.69, 9.17) is 0 Å². The lowest BCUT2D eigenvalue weighted by atomic mass is 10.00. The highest BCUT2D eigenvalue weighted by Crippen LogP contribution is 2.19. The SMILES string of the molecule is CCCCCCCCCCCCC/C=C/CC/C=C/CC/C=C/CCCC(O)C(O)C(CO)NC(=O)C(O)CCCCCCCCCCCCCCCCCCCCCCCCCCCCCCCCCCCCCCCC. The number of hydrogen-bond acceptors (Lipinski definition) is 5. The zero-order valence-electron chi connectivity index (χ0n) is 52.7. The van der Waals surface area contributed by atoms with Crippen LogP contribution in [0.4, 0.5) is 0 Å². The third kappa shape index (κ3) is 59.2. The molecule has 0 heterocycles. The third-order valence-corrected chi connectivity index (χ3v) is 16.8. The molecule has 6 nitrogen and oxygen atoms in total. The summed E-state index contributed by atoms with van der Waals surface area (Å²) in [5.41, 5.74) is 0. The van der Waals surface area contributed by atoms with Crippen LogP contribution in [0.3, 0.4) is 0 Å². The van der Waals surface area contributed by atoms with E-state index in [1.165, 1.54) is 302 Å². The van der Waals surface area contributed by atoms with Gasteiger partial charge in [0.05, 0.1) is 18.8 Å². The fraction of sp³-hybridized carbons (Fsp3) is 0.903. The van der Waals surface area contributed by atoms with Crippen LogP contribution >= 0.6 is 0 Å². The van der Waals surface area contributed by atoms with E-state index in [1.54, 1.807) is 0 Å². The summed E-state index contributed by atoms with van der Waals surface area (Å²) in [7, 11) is 0. The summed E-state index contributed by atoms with van der Waals surface area (Å²) in [5, 5.41) is 44.1. The Labute approximate surface area is 487 Å². The molecule has 4 atom stereocenters. The molecule has 0 aromatic carbocycles. The quantitative estimate of drug-likeness (QED) is 0.0308. The second-order valence-electron chi connectivity index (χ2n) is 24.6. The maximum absolute atomic E-state index is 12.7. The van der Waals surface area contributed by atoms with E-state index in [1.807, 2.05) is 0 Å². The van der Waals surface area contributed by atoms with Crippen LogP contribution in [-0.4, -0.2) is 57.3 Å². The first kappa shape index (κ1) is 76.5. The summed E-state index contributed by atoms with van der Waals surface area (Å²) in [6.45, 7) is 4.09.